The van der Waals surface area contributed by atoms with E-state index in [4.69, 9.17) is 4.42 Å². The van der Waals surface area contributed by atoms with Crippen molar-refractivity contribution in [3.05, 3.63) is 90.1 Å². The number of carbonyl (C=O) groups excluding carboxylic acids is 2. The predicted octanol–water partition coefficient (Wildman–Crippen LogP) is 4.06. The number of benzene rings is 2. The van der Waals surface area contributed by atoms with Gasteiger partial charge in [0.1, 0.15) is 11.2 Å². The zero-order valence-corrected chi connectivity index (χ0v) is 18.9. The molecular formula is C26H28N4O3. The Labute approximate surface area is 193 Å². The lowest BCUT2D eigenvalue weighted by Crippen LogP contribution is -2.40. The third-order valence-corrected chi connectivity index (χ3v) is 6.01. The van der Waals surface area contributed by atoms with Crippen molar-refractivity contribution >= 4 is 22.9 Å². The maximum absolute atomic E-state index is 13.4. The zero-order valence-electron chi connectivity index (χ0n) is 18.9. The highest BCUT2D eigenvalue weighted by Crippen LogP contribution is 2.21. The molecule has 1 atom stereocenters. The maximum Gasteiger partial charge on any atom is 0.267 e. The zero-order chi connectivity index (χ0) is 23.2. The Morgan fingerprint density at radius 2 is 1.88 bits per heavy atom. The Hall–Kier alpha value is -3.87. The highest BCUT2D eigenvalue weighted by Gasteiger charge is 2.24. The summed E-state index contributed by atoms with van der Waals surface area (Å²) in [6.07, 6.45) is 5.45. The van der Waals surface area contributed by atoms with Crippen molar-refractivity contribution in [3.63, 3.8) is 0 Å². The summed E-state index contributed by atoms with van der Waals surface area (Å²) in [4.78, 5) is 31.9. The molecule has 170 valence electrons. The average Bonchev–Trinajstić information content (AvgIpc) is 3.49. The van der Waals surface area contributed by atoms with Crippen LogP contribution in [0.4, 0.5) is 0 Å². The summed E-state index contributed by atoms with van der Waals surface area (Å²) < 4.78 is 7.15. The minimum absolute atomic E-state index is 0.0615. The average molecular weight is 445 g/mol. The first-order valence-corrected chi connectivity index (χ1v) is 11.1. The summed E-state index contributed by atoms with van der Waals surface area (Å²) in [5, 5.41) is 2.99. The number of aryl methyl sites for hydroxylation is 2. The van der Waals surface area contributed by atoms with Gasteiger partial charge in [-0.15, -0.1) is 0 Å². The second-order valence-electron chi connectivity index (χ2n) is 8.15. The topological polar surface area (TPSA) is 80.4 Å². The van der Waals surface area contributed by atoms with Gasteiger partial charge >= 0.3 is 0 Å². The molecule has 0 saturated heterocycles. The second kappa shape index (κ2) is 10.2. The number of hydrogen-bond donors (Lipinski definition) is 1. The van der Waals surface area contributed by atoms with Crippen molar-refractivity contribution in [1.82, 2.24) is 19.8 Å². The van der Waals surface area contributed by atoms with E-state index in [0.29, 0.717) is 35.3 Å². The standard InChI is InChI=1S/C26H28N4O3/c1-29-17-7-11-22(29)25(31)27-16-15-20(14-13-19-8-4-3-5-9-19)30(2)26(32)21-10-6-12-23-24(21)28-18-33-23/h3-12,17-18,20H,13-16H2,1-2H3,(H,27,31). The van der Waals surface area contributed by atoms with Crippen LogP contribution < -0.4 is 5.32 Å². The second-order valence-corrected chi connectivity index (χ2v) is 8.15. The van der Waals surface area contributed by atoms with E-state index in [0.717, 1.165) is 12.8 Å². The van der Waals surface area contributed by atoms with E-state index in [1.54, 1.807) is 33.7 Å². The number of aromatic nitrogens is 2. The molecule has 2 aromatic heterocycles. The van der Waals surface area contributed by atoms with Gasteiger partial charge in [-0.1, -0.05) is 36.4 Å². The van der Waals surface area contributed by atoms with Crippen molar-refractivity contribution in [2.75, 3.05) is 13.6 Å². The Morgan fingerprint density at radius 3 is 2.64 bits per heavy atom. The molecule has 0 bridgehead atoms. The van der Waals surface area contributed by atoms with E-state index in [-0.39, 0.29) is 17.9 Å². The Bertz CT molecular complexity index is 1230. The van der Waals surface area contributed by atoms with E-state index in [2.05, 4.69) is 22.4 Å². The number of nitrogens with one attached hydrogen (secondary N) is 1. The van der Waals surface area contributed by atoms with Crippen molar-refractivity contribution in [1.29, 1.82) is 0 Å². The van der Waals surface area contributed by atoms with Gasteiger partial charge in [0.15, 0.2) is 12.0 Å². The van der Waals surface area contributed by atoms with E-state index < -0.39 is 0 Å². The number of rotatable bonds is 9. The first kappa shape index (κ1) is 22.3. The Balaban J connectivity index is 1.47. The van der Waals surface area contributed by atoms with E-state index in [1.165, 1.54) is 12.0 Å². The molecule has 1 N–H and O–H groups in total. The molecule has 7 nitrogen and oxygen atoms in total. The summed E-state index contributed by atoms with van der Waals surface area (Å²) in [5.41, 5.74) is 3.49. The van der Waals surface area contributed by atoms with Crippen LogP contribution in [0.2, 0.25) is 0 Å². The number of para-hydroxylation sites is 1. The van der Waals surface area contributed by atoms with Gasteiger partial charge in [-0.05, 0) is 49.1 Å². The molecule has 0 radical (unpaired) electrons. The molecule has 0 aliphatic carbocycles. The van der Waals surface area contributed by atoms with Crippen LogP contribution in [0, 0.1) is 0 Å². The molecule has 4 aromatic rings. The minimum Gasteiger partial charge on any atom is -0.443 e. The number of nitrogens with zero attached hydrogens (tertiary/aromatic N) is 3. The number of hydrogen-bond acceptors (Lipinski definition) is 4. The molecule has 2 amide bonds. The fourth-order valence-electron chi connectivity index (χ4n) is 4.06. The van der Waals surface area contributed by atoms with Crippen LogP contribution in [0.15, 0.2) is 77.7 Å². The summed E-state index contributed by atoms with van der Waals surface area (Å²) in [6, 6.07) is 19.1. The summed E-state index contributed by atoms with van der Waals surface area (Å²) >= 11 is 0. The van der Waals surface area contributed by atoms with Gasteiger partial charge in [0.25, 0.3) is 11.8 Å². The van der Waals surface area contributed by atoms with Gasteiger partial charge in [-0.2, -0.15) is 0 Å². The SMILES string of the molecule is CN(C(=O)c1cccc2ocnc12)C(CCNC(=O)c1cccn1C)CCc1ccccc1. The van der Waals surface area contributed by atoms with Crippen LogP contribution in [0.5, 0.6) is 0 Å². The first-order chi connectivity index (χ1) is 16.0. The molecule has 2 heterocycles. The summed E-state index contributed by atoms with van der Waals surface area (Å²) in [6.45, 7) is 0.468. The molecule has 0 aliphatic rings. The summed E-state index contributed by atoms with van der Waals surface area (Å²) in [5.74, 6) is -0.230. The molecule has 2 aromatic carbocycles. The van der Waals surface area contributed by atoms with E-state index in [9.17, 15) is 9.59 Å². The van der Waals surface area contributed by atoms with Crippen molar-refractivity contribution in [2.45, 2.75) is 25.3 Å². The van der Waals surface area contributed by atoms with Crippen LogP contribution in [0.1, 0.15) is 39.3 Å². The normalized spacial score (nSPS) is 11.9. The number of fused-ring (bicyclic) bond motifs is 1. The molecule has 0 saturated carbocycles. The molecule has 1 unspecified atom stereocenters. The fraction of sp³-hybridized carbons (Fsp3) is 0.269. The van der Waals surface area contributed by atoms with E-state index >= 15 is 0 Å². The molecule has 4 rings (SSSR count). The van der Waals surface area contributed by atoms with Gasteiger partial charge < -0.3 is 19.2 Å². The number of amides is 2. The first-order valence-electron chi connectivity index (χ1n) is 11.1. The Kier molecular flexibility index (Phi) is 6.88. The Morgan fingerprint density at radius 1 is 1.06 bits per heavy atom. The molecule has 0 aliphatic heterocycles. The number of oxazole rings is 1. The van der Waals surface area contributed by atoms with Gasteiger partial charge in [0, 0.05) is 32.9 Å². The maximum atomic E-state index is 13.4. The third-order valence-electron chi connectivity index (χ3n) is 6.01. The van der Waals surface area contributed by atoms with Gasteiger partial charge in [-0.25, -0.2) is 4.98 Å². The highest BCUT2D eigenvalue weighted by atomic mass is 16.3. The van der Waals surface area contributed by atoms with Crippen molar-refractivity contribution < 1.29 is 14.0 Å². The van der Waals surface area contributed by atoms with Crippen LogP contribution in [-0.2, 0) is 13.5 Å². The van der Waals surface area contributed by atoms with Crippen LogP contribution >= 0.6 is 0 Å². The van der Waals surface area contributed by atoms with Crippen molar-refractivity contribution in [2.24, 2.45) is 7.05 Å². The van der Waals surface area contributed by atoms with Crippen LogP contribution in [-0.4, -0.2) is 45.9 Å². The molecular weight excluding hydrogens is 416 g/mol. The highest BCUT2D eigenvalue weighted by molar-refractivity contribution is 6.04. The smallest absolute Gasteiger partial charge is 0.267 e. The van der Waals surface area contributed by atoms with Gasteiger partial charge in [-0.3, -0.25) is 9.59 Å². The lowest BCUT2D eigenvalue weighted by Gasteiger charge is -2.29. The minimum atomic E-state index is -0.120. The molecule has 0 spiro atoms. The van der Waals surface area contributed by atoms with Crippen LogP contribution in [0.3, 0.4) is 0 Å². The molecule has 7 heteroatoms. The lowest BCUT2D eigenvalue weighted by atomic mass is 10.0. The summed E-state index contributed by atoms with van der Waals surface area (Å²) in [7, 11) is 3.66. The van der Waals surface area contributed by atoms with Crippen LogP contribution in [0.25, 0.3) is 11.1 Å². The molecule has 0 fully saturated rings. The lowest BCUT2D eigenvalue weighted by molar-refractivity contribution is 0.0717. The fourth-order valence-corrected chi connectivity index (χ4v) is 4.06. The third kappa shape index (κ3) is 5.14. The van der Waals surface area contributed by atoms with Gasteiger partial charge in [0.2, 0.25) is 0 Å². The number of carbonyl (C=O) groups is 2. The molecule has 33 heavy (non-hydrogen) atoms. The van der Waals surface area contributed by atoms with E-state index in [1.807, 2.05) is 44.6 Å². The predicted molar refractivity (Wildman–Crippen MR) is 127 cm³/mol. The monoisotopic (exact) mass is 444 g/mol. The quantitative estimate of drug-likeness (QED) is 0.422. The van der Waals surface area contributed by atoms with Gasteiger partial charge in [0.05, 0.1) is 5.56 Å². The van der Waals surface area contributed by atoms with Crippen molar-refractivity contribution in [3.8, 4) is 0 Å². The largest absolute Gasteiger partial charge is 0.443 e.